The van der Waals surface area contributed by atoms with Crippen LogP contribution in [0.1, 0.15) is 37.7 Å². The van der Waals surface area contributed by atoms with E-state index in [0.29, 0.717) is 0 Å². The lowest BCUT2D eigenvalue weighted by molar-refractivity contribution is -0.108. The molecule has 2 rings (SSSR count). The number of anilines is 1. The van der Waals surface area contributed by atoms with Gasteiger partial charge in [0.15, 0.2) is 0 Å². The van der Waals surface area contributed by atoms with Crippen molar-refractivity contribution in [2.45, 2.75) is 32.1 Å². The molecule has 0 aromatic carbocycles. The van der Waals surface area contributed by atoms with Gasteiger partial charge in [-0.05, 0) is 25.3 Å². The Bertz CT molecular complexity index is 359. The minimum Gasteiger partial charge on any atom is -0.356 e. The summed E-state index contributed by atoms with van der Waals surface area (Å²) in [7, 11) is 0. The van der Waals surface area contributed by atoms with Crippen LogP contribution in [0.5, 0.6) is 0 Å². The van der Waals surface area contributed by atoms with Crippen LogP contribution in [-0.2, 0) is 4.79 Å². The fourth-order valence-corrected chi connectivity index (χ4v) is 2.21. The van der Waals surface area contributed by atoms with Crippen LogP contribution in [0.3, 0.4) is 0 Å². The maximum atomic E-state index is 10.9. The normalized spacial score (nSPS) is 18.2. The lowest BCUT2D eigenvalue weighted by Gasteiger charge is -2.29. The van der Waals surface area contributed by atoms with E-state index < -0.39 is 0 Å². The Morgan fingerprint density at radius 1 is 1.38 bits per heavy atom. The second kappa shape index (κ2) is 5.10. The van der Waals surface area contributed by atoms with Gasteiger partial charge in [0.1, 0.15) is 12.1 Å². The van der Waals surface area contributed by atoms with Crippen LogP contribution in [0, 0.1) is 0 Å². The van der Waals surface area contributed by atoms with Gasteiger partial charge in [0.25, 0.3) is 0 Å². The van der Waals surface area contributed by atoms with Gasteiger partial charge in [-0.25, -0.2) is 4.98 Å². The molecule has 0 N–H and O–H groups in total. The van der Waals surface area contributed by atoms with Crippen LogP contribution < -0.4 is 4.90 Å². The van der Waals surface area contributed by atoms with Crippen molar-refractivity contribution in [2.75, 3.05) is 18.0 Å². The van der Waals surface area contributed by atoms with E-state index in [4.69, 9.17) is 0 Å². The molecule has 1 aliphatic rings. The zero-order valence-electron chi connectivity index (χ0n) is 9.72. The Balaban J connectivity index is 2.27. The van der Waals surface area contributed by atoms with E-state index in [1.165, 1.54) is 19.3 Å². The summed E-state index contributed by atoms with van der Waals surface area (Å²) in [6.45, 7) is 4.06. The molecule has 3 nitrogen and oxygen atoms in total. The van der Waals surface area contributed by atoms with E-state index in [1.807, 2.05) is 25.3 Å². The van der Waals surface area contributed by atoms with Crippen molar-refractivity contribution in [3.8, 4) is 0 Å². The molecule has 1 unspecified atom stereocenters. The zero-order chi connectivity index (χ0) is 11.4. The molecule has 16 heavy (non-hydrogen) atoms. The van der Waals surface area contributed by atoms with Crippen LogP contribution in [0.2, 0.25) is 0 Å². The number of aromatic nitrogens is 1. The fraction of sp³-hybridized carbons (Fsp3) is 0.538. The number of rotatable bonds is 3. The highest BCUT2D eigenvalue weighted by atomic mass is 16.1. The second-order valence-electron chi connectivity index (χ2n) is 4.39. The minimum atomic E-state index is -0.0642. The first-order chi connectivity index (χ1) is 7.83. The average molecular weight is 218 g/mol. The summed E-state index contributed by atoms with van der Waals surface area (Å²) in [5.74, 6) is 0.937. The van der Waals surface area contributed by atoms with Gasteiger partial charge >= 0.3 is 0 Å². The Morgan fingerprint density at radius 2 is 2.12 bits per heavy atom. The molecule has 0 aliphatic carbocycles. The number of hydrogen-bond acceptors (Lipinski definition) is 3. The molecule has 2 heterocycles. The lowest BCUT2D eigenvalue weighted by Crippen LogP contribution is -2.31. The molecule has 1 atom stereocenters. The quantitative estimate of drug-likeness (QED) is 0.730. The monoisotopic (exact) mass is 218 g/mol. The van der Waals surface area contributed by atoms with Gasteiger partial charge in [-0.3, -0.25) is 0 Å². The highest BCUT2D eigenvalue weighted by molar-refractivity contribution is 5.66. The Hall–Kier alpha value is -1.38. The smallest absolute Gasteiger partial charge is 0.132 e. The Kier molecular flexibility index (Phi) is 3.54. The zero-order valence-corrected chi connectivity index (χ0v) is 9.72. The van der Waals surface area contributed by atoms with Gasteiger partial charge < -0.3 is 9.69 Å². The third-order valence-corrected chi connectivity index (χ3v) is 3.17. The average Bonchev–Trinajstić information content (AvgIpc) is 2.39. The molecule has 0 radical (unpaired) electrons. The summed E-state index contributed by atoms with van der Waals surface area (Å²) in [5, 5.41) is 0. The van der Waals surface area contributed by atoms with E-state index in [2.05, 4.69) is 9.88 Å². The van der Waals surface area contributed by atoms with Crippen molar-refractivity contribution in [1.82, 2.24) is 4.98 Å². The summed E-state index contributed by atoms with van der Waals surface area (Å²) >= 11 is 0. The van der Waals surface area contributed by atoms with Crippen molar-refractivity contribution < 1.29 is 4.79 Å². The summed E-state index contributed by atoms with van der Waals surface area (Å²) in [6.07, 6.45) is 6.56. The predicted octanol–water partition coefficient (Wildman–Crippen LogP) is 2.37. The molecule has 1 aliphatic heterocycles. The number of piperidine rings is 1. The standard InChI is InChI=1S/C13H18N2O/c1-11(10-16)12-6-5-7-14-13(12)15-8-3-2-4-9-15/h5-7,10-11H,2-4,8-9H2,1H3. The van der Waals surface area contributed by atoms with Crippen LogP contribution in [0.15, 0.2) is 18.3 Å². The molecule has 1 fully saturated rings. The van der Waals surface area contributed by atoms with Crippen LogP contribution >= 0.6 is 0 Å². The van der Waals surface area contributed by atoms with Gasteiger partial charge in [0, 0.05) is 30.8 Å². The van der Waals surface area contributed by atoms with Crippen molar-refractivity contribution in [3.05, 3.63) is 23.9 Å². The van der Waals surface area contributed by atoms with Gasteiger partial charge in [-0.1, -0.05) is 13.0 Å². The SMILES string of the molecule is CC(C=O)c1cccnc1N1CCCCC1. The molecular weight excluding hydrogens is 200 g/mol. The number of aldehydes is 1. The van der Waals surface area contributed by atoms with Crippen LogP contribution in [0.4, 0.5) is 5.82 Å². The van der Waals surface area contributed by atoms with Gasteiger partial charge in [0.2, 0.25) is 0 Å². The summed E-state index contributed by atoms with van der Waals surface area (Å²) in [4.78, 5) is 17.6. The summed E-state index contributed by atoms with van der Waals surface area (Å²) in [5.41, 5.74) is 1.06. The van der Waals surface area contributed by atoms with Gasteiger partial charge in [-0.15, -0.1) is 0 Å². The number of carbonyl (C=O) groups excluding carboxylic acids is 1. The first-order valence-electron chi connectivity index (χ1n) is 5.98. The molecule has 1 saturated heterocycles. The van der Waals surface area contributed by atoms with Crippen molar-refractivity contribution >= 4 is 12.1 Å². The summed E-state index contributed by atoms with van der Waals surface area (Å²) < 4.78 is 0. The highest BCUT2D eigenvalue weighted by Crippen LogP contribution is 2.26. The Morgan fingerprint density at radius 3 is 2.81 bits per heavy atom. The number of hydrogen-bond donors (Lipinski definition) is 0. The van der Waals surface area contributed by atoms with Gasteiger partial charge in [0.05, 0.1) is 0 Å². The molecule has 1 aromatic rings. The highest BCUT2D eigenvalue weighted by Gasteiger charge is 2.18. The molecule has 0 spiro atoms. The van der Waals surface area contributed by atoms with Crippen molar-refractivity contribution in [1.29, 1.82) is 0 Å². The third kappa shape index (κ3) is 2.23. The first-order valence-corrected chi connectivity index (χ1v) is 5.98. The third-order valence-electron chi connectivity index (χ3n) is 3.17. The molecule has 0 bridgehead atoms. The number of nitrogens with zero attached hydrogens (tertiary/aromatic N) is 2. The maximum Gasteiger partial charge on any atom is 0.132 e. The molecule has 0 amide bonds. The van der Waals surface area contributed by atoms with Crippen molar-refractivity contribution in [2.24, 2.45) is 0 Å². The topological polar surface area (TPSA) is 33.2 Å². The fourth-order valence-electron chi connectivity index (χ4n) is 2.21. The molecule has 3 heteroatoms. The predicted molar refractivity (Wildman–Crippen MR) is 64.8 cm³/mol. The van der Waals surface area contributed by atoms with Crippen LogP contribution in [0.25, 0.3) is 0 Å². The van der Waals surface area contributed by atoms with E-state index >= 15 is 0 Å². The van der Waals surface area contributed by atoms with Crippen molar-refractivity contribution in [3.63, 3.8) is 0 Å². The first kappa shape index (κ1) is 11.1. The van der Waals surface area contributed by atoms with Gasteiger partial charge in [-0.2, -0.15) is 0 Å². The minimum absolute atomic E-state index is 0.0642. The molecular formula is C13H18N2O. The molecule has 86 valence electrons. The largest absolute Gasteiger partial charge is 0.356 e. The van der Waals surface area contributed by atoms with E-state index in [1.54, 1.807) is 0 Å². The second-order valence-corrected chi connectivity index (χ2v) is 4.39. The number of carbonyl (C=O) groups is 1. The van der Waals surface area contributed by atoms with E-state index in [0.717, 1.165) is 30.8 Å². The summed E-state index contributed by atoms with van der Waals surface area (Å²) in [6, 6.07) is 3.92. The Labute approximate surface area is 96.5 Å². The van der Waals surface area contributed by atoms with Crippen LogP contribution in [-0.4, -0.2) is 24.4 Å². The lowest BCUT2D eigenvalue weighted by atomic mass is 10.0. The maximum absolute atomic E-state index is 10.9. The number of pyridine rings is 1. The molecule has 1 aromatic heterocycles. The van der Waals surface area contributed by atoms with E-state index in [9.17, 15) is 4.79 Å². The van der Waals surface area contributed by atoms with E-state index in [-0.39, 0.29) is 5.92 Å². The molecule has 0 saturated carbocycles.